The van der Waals surface area contributed by atoms with Gasteiger partial charge in [0.1, 0.15) is 0 Å². The Morgan fingerprint density at radius 3 is 2.12 bits per heavy atom. The van der Waals surface area contributed by atoms with Gasteiger partial charge in [0.2, 0.25) is 0 Å². The highest BCUT2D eigenvalue weighted by molar-refractivity contribution is 5.18. The number of rotatable bonds is 3. The summed E-state index contributed by atoms with van der Waals surface area (Å²) in [6, 6.07) is 0. The Morgan fingerprint density at radius 2 is 2.00 bits per heavy atom. The molecule has 8 heavy (non-hydrogen) atoms. The number of hydrogen-bond donors (Lipinski definition) is 0. The van der Waals surface area contributed by atoms with Gasteiger partial charge in [0, 0.05) is 0 Å². The summed E-state index contributed by atoms with van der Waals surface area (Å²) in [7, 11) is 0. The second-order valence-corrected chi connectivity index (χ2v) is 2.10. The number of hydrogen-bond acceptors (Lipinski definition) is 0. The fourth-order valence-corrected chi connectivity index (χ4v) is 0.378. The van der Waals surface area contributed by atoms with Gasteiger partial charge in [-0.05, 0) is 12.3 Å². The Bertz CT molecular complexity index is 88.2. The van der Waals surface area contributed by atoms with Crippen molar-refractivity contribution in [2.24, 2.45) is 0 Å². The molecule has 0 nitrogen and oxygen atoms in total. The van der Waals surface area contributed by atoms with Crippen LogP contribution in [0.3, 0.4) is 0 Å². The summed E-state index contributed by atoms with van der Waals surface area (Å²) in [6.45, 7) is 11.6. The minimum absolute atomic E-state index is 0.919. The fraction of sp³-hybridized carbons (Fsp3) is 0.375. The van der Waals surface area contributed by atoms with Crippen LogP contribution in [0.2, 0.25) is 0 Å². The van der Waals surface area contributed by atoms with Gasteiger partial charge in [-0.25, -0.2) is 0 Å². The maximum Gasteiger partial charge on any atom is -0.00560 e. The topological polar surface area (TPSA) is 0 Å². The van der Waals surface area contributed by atoms with E-state index in [1.165, 1.54) is 11.5 Å². The minimum atomic E-state index is 0.919. The first kappa shape index (κ1) is 7.48. The van der Waals surface area contributed by atoms with E-state index in [1.807, 2.05) is 6.08 Å². The monoisotopic (exact) mass is 109 g/mol. The van der Waals surface area contributed by atoms with E-state index in [4.69, 9.17) is 0 Å². The van der Waals surface area contributed by atoms with Crippen molar-refractivity contribution in [1.29, 1.82) is 0 Å². The van der Waals surface area contributed by atoms with Gasteiger partial charge in [-0.1, -0.05) is 32.1 Å². The molecule has 0 aromatic heterocycles. The van der Waals surface area contributed by atoms with Crippen molar-refractivity contribution in [3.05, 3.63) is 30.7 Å². The predicted octanol–water partition coefficient (Wildman–Crippen LogP) is 2.73. The zero-order chi connectivity index (χ0) is 6.57. The van der Waals surface area contributed by atoms with E-state index < -0.39 is 0 Å². The Morgan fingerprint density at radius 1 is 1.50 bits per heavy atom. The summed E-state index contributed by atoms with van der Waals surface area (Å²) in [5, 5.41) is 0. The van der Waals surface area contributed by atoms with Gasteiger partial charge >= 0.3 is 0 Å². The molecule has 0 spiro atoms. The van der Waals surface area contributed by atoms with Gasteiger partial charge < -0.3 is 0 Å². The van der Waals surface area contributed by atoms with E-state index in [9.17, 15) is 0 Å². The smallest absolute Gasteiger partial charge is 0.00560 e. The van der Waals surface area contributed by atoms with Crippen LogP contribution >= 0.6 is 0 Å². The molecule has 0 aliphatic carbocycles. The van der Waals surface area contributed by atoms with Crippen LogP contribution in [0.1, 0.15) is 20.3 Å². The molecule has 0 aromatic rings. The molecule has 0 bridgehead atoms. The predicted molar refractivity (Wildman–Crippen MR) is 38.5 cm³/mol. The lowest BCUT2D eigenvalue weighted by atomic mass is 10.0. The minimum Gasteiger partial charge on any atom is -0.103 e. The van der Waals surface area contributed by atoms with Gasteiger partial charge in [0.05, 0.1) is 0 Å². The molecule has 0 heterocycles. The van der Waals surface area contributed by atoms with Crippen molar-refractivity contribution >= 4 is 0 Å². The molecule has 45 valence electrons. The molecule has 0 amide bonds. The molecule has 0 aliphatic rings. The molecule has 0 saturated heterocycles. The van der Waals surface area contributed by atoms with Gasteiger partial charge in [-0.15, -0.1) is 6.58 Å². The summed E-state index contributed by atoms with van der Waals surface area (Å²) in [5.41, 5.74) is 1.18. The van der Waals surface area contributed by atoms with Crippen molar-refractivity contribution < 1.29 is 0 Å². The van der Waals surface area contributed by atoms with Gasteiger partial charge in [-0.3, -0.25) is 0 Å². The molecule has 0 aromatic carbocycles. The SMILES string of the molecule is C=CCC(=C)[C](C)C. The summed E-state index contributed by atoms with van der Waals surface area (Å²) >= 11 is 0. The highest BCUT2D eigenvalue weighted by Crippen LogP contribution is 2.12. The zero-order valence-electron chi connectivity index (χ0n) is 5.70. The van der Waals surface area contributed by atoms with E-state index in [2.05, 4.69) is 27.0 Å². The summed E-state index contributed by atoms with van der Waals surface area (Å²) in [5.74, 6) is 1.30. The van der Waals surface area contributed by atoms with E-state index in [1.54, 1.807) is 0 Å². The summed E-state index contributed by atoms with van der Waals surface area (Å²) in [6.07, 6.45) is 2.79. The standard InChI is InChI=1S/C8H13/c1-5-6-8(4)7(2)3/h5H,1,4,6H2,2-3H3. The molecular formula is C8H13. The number of allylic oxidation sites excluding steroid dienone is 2. The third-order valence-electron chi connectivity index (χ3n) is 1.10. The van der Waals surface area contributed by atoms with E-state index in [-0.39, 0.29) is 0 Å². The third kappa shape index (κ3) is 2.62. The maximum absolute atomic E-state index is 3.84. The highest BCUT2D eigenvalue weighted by Gasteiger charge is 1.95. The second-order valence-electron chi connectivity index (χ2n) is 2.10. The normalized spacial score (nSPS) is 9.38. The highest BCUT2D eigenvalue weighted by atomic mass is 14.0. The maximum atomic E-state index is 3.84. The summed E-state index contributed by atoms with van der Waals surface area (Å²) in [4.78, 5) is 0. The van der Waals surface area contributed by atoms with E-state index >= 15 is 0 Å². The van der Waals surface area contributed by atoms with Crippen LogP contribution in [0.5, 0.6) is 0 Å². The molecular weight excluding hydrogens is 96.1 g/mol. The molecule has 0 rings (SSSR count). The van der Waals surface area contributed by atoms with Crippen LogP contribution in [0.4, 0.5) is 0 Å². The van der Waals surface area contributed by atoms with Crippen molar-refractivity contribution in [1.82, 2.24) is 0 Å². The Balaban J connectivity index is 3.48. The van der Waals surface area contributed by atoms with Crippen LogP contribution in [0, 0.1) is 5.92 Å². The van der Waals surface area contributed by atoms with E-state index in [0.717, 1.165) is 6.42 Å². The Hall–Kier alpha value is -0.520. The quantitative estimate of drug-likeness (QED) is 0.489. The molecule has 0 unspecified atom stereocenters. The molecule has 1 radical (unpaired) electrons. The van der Waals surface area contributed by atoms with Gasteiger partial charge in [0.25, 0.3) is 0 Å². The molecule has 0 heteroatoms. The van der Waals surface area contributed by atoms with Crippen LogP contribution in [0.25, 0.3) is 0 Å². The van der Waals surface area contributed by atoms with E-state index in [0.29, 0.717) is 0 Å². The van der Waals surface area contributed by atoms with Gasteiger partial charge in [-0.2, -0.15) is 0 Å². The van der Waals surface area contributed by atoms with Crippen LogP contribution in [-0.2, 0) is 0 Å². The largest absolute Gasteiger partial charge is 0.103 e. The molecule has 0 fully saturated rings. The fourth-order valence-electron chi connectivity index (χ4n) is 0.378. The van der Waals surface area contributed by atoms with Crippen molar-refractivity contribution in [2.75, 3.05) is 0 Å². The van der Waals surface area contributed by atoms with Gasteiger partial charge in [0.15, 0.2) is 0 Å². The first-order valence-electron chi connectivity index (χ1n) is 2.77. The lowest BCUT2D eigenvalue weighted by molar-refractivity contribution is 1.06. The molecule has 0 N–H and O–H groups in total. The van der Waals surface area contributed by atoms with Crippen LogP contribution in [-0.4, -0.2) is 0 Å². The average molecular weight is 109 g/mol. The molecule has 0 aliphatic heterocycles. The molecule has 0 atom stereocenters. The first-order chi connectivity index (χ1) is 3.68. The van der Waals surface area contributed by atoms with Crippen molar-refractivity contribution in [3.8, 4) is 0 Å². The van der Waals surface area contributed by atoms with Crippen LogP contribution in [0.15, 0.2) is 24.8 Å². The summed E-state index contributed by atoms with van der Waals surface area (Å²) < 4.78 is 0. The zero-order valence-corrected chi connectivity index (χ0v) is 5.70. The average Bonchev–Trinajstić information content (AvgIpc) is 1.67. The molecule has 0 saturated carbocycles. The van der Waals surface area contributed by atoms with Crippen LogP contribution < -0.4 is 0 Å². The third-order valence-corrected chi connectivity index (χ3v) is 1.10. The first-order valence-corrected chi connectivity index (χ1v) is 2.77. The second kappa shape index (κ2) is 3.48. The van der Waals surface area contributed by atoms with Crippen molar-refractivity contribution in [3.63, 3.8) is 0 Å². The van der Waals surface area contributed by atoms with Crippen molar-refractivity contribution in [2.45, 2.75) is 20.3 Å². The lowest BCUT2D eigenvalue weighted by Crippen LogP contribution is -1.86. The Labute approximate surface area is 51.9 Å². The lowest BCUT2D eigenvalue weighted by Gasteiger charge is -2.03. The Kier molecular flexibility index (Phi) is 3.25.